The van der Waals surface area contributed by atoms with E-state index in [4.69, 9.17) is 0 Å². The monoisotopic (exact) mass is 358 g/mol. The molecule has 0 aliphatic rings. The predicted octanol–water partition coefficient (Wildman–Crippen LogP) is 6.91. The highest BCUT2D eigenvalue weighted by atomic mass is 15.1. The van der Waals surface area contributed by atoms with Gasteiger partial charge in [0.25, 0.3) is 0 Å². The number of hydrogen-bond acceptors (Lipinski definition) is 1. The number of hydrogen-bond donors (Lipinski definition) is 1. The smallest absolute Gasteiger partial charge is 0.0459 e. The Morgan fingerprint density at radius 2 is 1.48 bits per heavy atom. The Morgan fingerprint density at radius 1 is 0.815 bits per heavy atom. The van der Waals surface area contributed by atoms with Crippen LogP contribution in [-0.2, 0) is 0 Å². The van der Waals surface area contributed by atoms with Gasteiger partial charge < -0.3 is 9.88 Å². The van der Waals surface area contributed by atoms with Crippen molar-refractivity contribution in [2.24, 2.45) is 0 Å². The van der Waals surface area contributed by atoms with Crippen molar-refractivity contribution in [1.29, 1.82) is 0 Å². The van der Waals surface area contributed by atoms with Crippen LogP contribution in [-0.4, -0.2) is 18.1 Å². The molecule has 0 saturated heterocycles. The largest absolute Gasteiger partial charge is 0.372 e. The summed E-state index contributed by atoms with van der Waals surface area (Å²) in [7, 11) is 0. The van der Waals surface area contributed by atoms with Crippen LogP contribution in [0.5, 0.6) is 0 Å². The number of anilines is 1. The molecule has 0 amide bonds. The average Bonchev–Trinajstić information content (AvgIpc) is 3.17. The third kappa shape index (κ3) is 5.37. The van der Waals surface area contributed by atoms with Crippen LogP contribution < -0.4 is 4.90 Å². The molecule has 1 N–H and O–H groups in total. The van der Waals surface area contributed by atoms with Crippen LogP contribution in [0.1, 0.15) is 44.2 Å². The number of allylic oxidation sites excluding steroid dienone is 2. The number of H-pyrrole nitrogens is 1. The molecule has 0 radical (unpaired) electrons. The minimum absolute atomic E-state index is 1.05. The van der Waals surface area contributed by atoms with Gasteiger partial charge in [0.1, 0.15) is 0 Å². The summed E-state index contributed by atoms with van der Waals surface area (Å²) in [5.41, 5.74) is 5.04. The molecule has 3 rings (SSSR count). The standard InChI is InChI=1S/C25H30N2/c1-3-27(4-2)24-16-13-21(14-17-24)10-8-6-5-7-9-11-22-12-15-23-18-19-26-25(23)20-22/h8-20,26H,3-7H2,1-2H3/b10-8+,11-9+. The molecule has 0 fully saturated rings. The van der Waals surface area contributed by atoms with E-state index < -0.39 is 0 Å². The van der Waals surface area contributed by atoms with E-state index in [9.17, 15) is 0 Å². The first kappa shape index (κ1) is 19.0. The highest BCUT2D eigenvalue weighted by molar-refractivity contribution is 5.81. The second kappa shape index (κ2) is 9.82. The first-order valence-electron chi connectivity index (χ1n) is 10.1. The number of rotatable bonds is 9. The van der Waals surface area contributed by atoms with E-state index in [1.165, 1.54) is 34.1 Å². The third-order valence-electron chi connectivity index (χ3n) is 4.96. The van der Waals surface area contributed by atoms with Crippen LogP contribution in [0.25, 0.3) is 23.1 Å². The number of nitrogens with zero attached hydrogens (tertiary/aromatic N) is 1. The van der Waals surface area contributed by atoms with Crippen LogP contribution in [0.2, 0.25) is 0 Å². The van der Waals surface area contributed by atoms with Crippen molar-refractivity contribution >= 4 is 28.7 Å². The lowest BCUT2D eigenvalue weighted by atomic mass is 10.1. The molecule has 0 aliphatic heterocycles. The highest BCUT2D eigenvalue weighted by Gasteiger charge is 2.00. The van der Waals surface area contributed by atoms with E-state index >= 15 is 0 Å². The average molecular weight is 359 g/mol. The molecule has 27 heavy (non-hydrogen) atoms. The SMILES string of the molecule is CCN(CC)c1ccc(/C=C/CCC/C=C/c2ccc3cc[nH]c3c2)cc1. The number of unbranched alkanes of at least 4 members (excludes halogenated alkanes) is 2. The molecular formula is C25H30N2. The fraction of sp³-hybridized carbons (Fsp3) is 0.280. The lowest BCUT2D eigenvalue weighted by Gasteiger charge is -2.20. The fourth-order valence-corrected chi connectivity index (χ4v) is 3.35. The molecule has 0 aliphatic carbocycles. The molecule has 1 aromatic heterocycles. The van der Waals surface area contributed by atoms with Gasteiger partial charge in [-0.05, 0) is 73.9 Å². The van der Waals surface area contributed by atoms with E-state index in [0.717, 1.165) is 25.9 Å². The Hall–Kier alpha value is -2.74. The summed E-state index contributed by atoms with van der Waals surface area (Å²) in [5, 5.41) is 1.27. The number of benzene rings is 2. The van der Waals surface area contributed by atoms with Gasteiger partial charge in [0, 0.05) is 30.5 Å². The third-order valence-corrected chi connectivity index (χ3v) is 4.96. The van der Waals surface area contributed by atoms with Gasteiger partial charge in [-0.15, -0.1) is 0 Å². The number of aromatic nitrogens is 1. The molecule has 2 heteroatoms. The lowest BCUT2D eigenvalue weighted by molar-refractivity contribution is 0.866. The van der Waals surface area contributed by atoms with Crippen molar-refractivity contribution in [3.05, 3.63) is 78.0 Å². The maximum absolute atomic E-state index is 3.26. The minimum Gasteiger partial charge on any atom is -0.372 e. The summed E-state index contributed by atoms with van der Waals surface area (Å²) >= 11 is 0. The van der Waals surface area contributed by atoms with E-state index in [0.29, 0.717) is 0 Å². The van der Waals surface area contributed by atoms with Crippen LogP contribution in [0.15, 0.2) is 66.9 Å². The lowest BCUT2D eigenvalue weighted by Crippen LogP contribution is -2.21. The van der Waals surface area contributed by atoms with Gasteiger partial charge in [-0.2, -0.15) is 0 Å². The summed E-state index contributed by atoms with van der Waals surface area (Å²) < 4.78 is 0. The molecule has 2 aromatic carbocycles. The van der Waals surface area contributed by atoms with Gasteiger partial charge in [-0.3, -0.25) is 0 Å². The summed E-state index contributed by atoms with van der Waals surface area (Å²) in [5.74, 6) is 0. The second-order valence-corrected chi connectivity index (χ2v) is 6.82. The maximum Gasteiger partial charge on any atom is 0.0459 e. The molecule has 140 valence electrons. The van der Waals surface area contributed by atoms with Crippen molar-refractivity contribution in [3.8, 4) is 0 Å². The second-order valence-electron chi connectivity index (χ2n) is 6.82. The van der Waals surface area contributed by atoms with Crippen LogP contribution in [0.3, 0.4) is 0 Å². The van der Waals surface area contributed by atoms with Crippen LogP contribution in [0, 0.1) is 0 Å². The number of nitrogens with one attached hydrogen (secondary N) is 1. The first-order valence-corrected chi connectivity index (χ1v) is 10.1. The molecule has 0 atom stereocenters. The summed E-state index contributed by atoms with van der Waals surface area (Å²) in [4.78, 5) is 5.63. The molecule has 0 bridgehead atoms. The highest BCUT2D eigenvalue weighted by Crippen LogP contribution is 2.17. The van der Waals surface area contributed by atoms with Crippen LogP contribution >= 0.6 is 0 Å². The Kier molecular flexibility index (Phi) is 6.92. The Labute approximate surface area is 163 Å². The molecule has 0 unspecified atom stereocenters. The number of aromatic amines is 1. The Balaban J connectivity index is 1.41. The van der Waals surface area contributed by atoms with Crippen molar-refractivity contribution < 1.29 is 0 Å². The van der Waals surface area contributed by atoms with E-state index in [1.807, 2.05) is 6.20 Å². The molecule has 0 spiro atoms. The Bertz CT molecular complexity index is 880. The Morgan fingerprint density at radius 3 is 2.19 bits per heavy atom. The molecule has 2 nitrogen and oxygen atoms in total. The van der Waals surface area contributed by atoms with E-state index in [-0.39, 0.29) is 0 Å². The van der Waals surface area contributed by atoms with Crippen LogP contribution in [0.4, 0.5) is 5.69 Å². The normalized spacial score (nSPS) is 11.8. The van der Waals surface area contributed by atoms with Crippen molar-refractivity contribution in [2.45, 2.75) is 33.1 Å². The van der Waals surface area contributed by atoms with Crippen molar-refractivity contribution in [2.75, 3.05) is 18.0 Å². The zero-order valence-corrected chi connectivity index (χ0v) is 16.5. The van der Waals surface area contributed by atoms with Gasteiger partial charge in [0.05, 0.1) is 0 Å². The predicted molar refractivity (Wildman–Crippen MR) is 120 cm³/mol. The zero-order chi connectivity index (χ0) is 18.9. The van der Waals surface area contributed by atoms with Gasteiger partial charge in [-0.1, -0.05) is 48.6 Å². The van der Waals surface area contributed by atoms with Crippen molar-refractivity contribution in [1.82, 2.24) is 4.98 Å². The first-order chi connectivity index (χ1) is 13.3. The summed E-state index contributed by atoms with van der Waals surface area (Å²) in [6.45, 7) is 6.50. The molecule has 1 heterocycles. The van der Waals surface area contributed by atoms with Gasteiger partial charge in [0.15, 0.2) is 0 Å². The summed E-state index contributed by atoms with van der Waals surface area (Å²) in [6, 6.07) is 17.5. The molecular weight excluding hydrogens is 328 g/mol. The van der Waals surface area contributed by atoms with Crippen molar-refractivity contribution in [3.63, 3.8) is 0 Å². The zero-order valence-electron chi connectivity index (χ0n) is 16.5. The molecule has 0 saturated carbocycles. The topological polar surface area (TPSA) is 19.0 Å². The van der Waals surface area contributed by atoms with Gasteiger partial charge >= 0.3 is 0 Å². The van der Waals surface area contributed by atoms with Gasteiger partial charge in [-0.25, -0.2) is 0 Å². The number of fused-ring (bicyclic) bond motifs is 1. The maximum atomic E-state index is 3.26. The minimum atomic E-state index is 1.05. The van der Waals surface area contributed by atoms with E-state index in [2.05, 4.69) is 96.6 Å². The molecule has 3 aromatic rings. The fourth-order valence-electron chi connectivity index (χ4n) is 3.35. The van der Waals surface area contributed by atoms with E-state index in [1.54, 1.807) is 0 Å². The van der Waals surface area contributed by atoms with Gasteiger partial charge in [0.2, 0.25) is 0 Å². The quantitative estimate of drug-likeness (QED) is 0.412. The summed E-state index contributed by atoms with van der Waals surface area (Å²) in [6.07, 6.45) is 14.4.